The van der Waals surface area contributed by atoms with Crippen LogP contribution >= 0.6 is 0 Å². The van der Waals surface area contributed by atoms with Crippen molar-refractivity contribution in [1.29, 1.82) is 0 Å². The quantitative estimate of drug-likeness (QED) is 0.103. The zero-order chi connectivity index (χ0) is 27.7. The molecule has 0 saturated carbocycles. The summed E-state index contributed by atoms with van der Waals surface area (Å²) in [4.78, 5) is 0. The van der Waals surface area contributed by atoms with E-state index >= 15 is 0 Å². The van der Waals surface area contributed by atoms with Crippen LogP contribution in [0.2, 0.25) is 0 Å². The minimum atomic E-state index is 0. The number of hydrogen-bond donors (Lipinski definition) is 0. The molecule has 0 atom stereocenters. The first-order chi connectivity index (χ1) is 20.3. The van der Waals surface area contributed by atoms with Crippen molar-refractivity contribution >= 4 is 17.2 Å². The van der Waals surface area contributed by atoms with Crippen molar-refractivity contribution in [3.05, 3.63) is 209 Å². The van der Waals surface area contributed by atoms with Crippen LogP contribution in [0, 0.1) is 12.1 Å². The number of rotatable bonds is 5. The summed E-state index contributed by atoms with van der Waals surface area (Å²) in [6.45, 7) is 0. The Morgan fingerprint density at radius 1 is 0.548 bits per heavy atom. The Bertz CT molecular complexity index is 1630. The molecule has 0 bridgehead atoms. The molecule has 6 aromatic rings. The normalized spacial score (nSPS) is 11.8. The molecular formula is C41H30Zr. The predicted octanol–water partition coefficient (Wildman–Crippen LogP) is 10.2. The second kappa shape index (κ2) is 14.5. The van der Waals surface area contributed by atoms with E-state index in [2.05, 4.69) is 146 Å². The van der Waals surface area contributed by atoms with Crippen LogP contribution in [-0.2, 0) is 32.6 Å². The van der Waals surface area contributed by atoms with E-state index in [1.165, 1.54) is 33.4 Å². The average Bonchev–Trinajstić information content (AvgIpc) is 3.44. The Hall–Kier alpha value is -4.32. The first kappa shape index (κ1) is 29.2. The van der Waals surface area contributed by atoms with Crippen LogP contribution in [0.1, 0.15) is 33.4 Å². The SMILES string of the molecule is [C-](=C(/C(=C\c1ccccc1)c1ccccc1)c1ccccc1)c1ccccc1.[Zr+2].[c-]1cccc2c1Cc1ccccc1-2. The summed E-state index contributed by atoms with van der Waals surface area (Å²) >= 11 is 0. The molecule has 0 saturated heterocycles. The summed E-state index contributed by atoms with van der Waals surface area (Å²) in [6.07, 6.45) is 6.95. The van der Waals surface area contributed by atoms with Crippen molar-refractivity contribution in [1.82, 2.24) is 0 Å². The molecule has 0 N–H and O–H groups in total. The Morgan fingerprint density at radius 3 is 1.79 bits per heavy atom. The Labute approximate surface area is 268 Å². The molecular weight excluding hydrogens is 584 g/mol. The molecule has 0 heterocycles. The third-order valence-electron chi connectivity index (χ3n) is 7.19. The van der Waals surface area contributed by atoms with Gasteiger partial charge >= 0.3 is 26.2 Å². The molecule has 0 nitrogen and oxygen atoms in total. The summed E-state index contributed by atoms with van der Waals surface area (Å²) in [5.41, 5.74) is 12.3. The van der Waals surface area contributed by atoms with Gasteiger partial charge in [0.1, 0.15) is 0 Å². The third kappa shape index (κ3) is 7.11. The maximum absolute atomic E-state index is 3.66. The Kier molecular flexibility index (Phi) is 10.1. The van der Waals surface area contributed by atoms with Crippen LogP contribution < -0.4 is 0 Å². The Balaban J connectivity index is 0.000000209. The molecule has 0 aromatic heterocycles. The first-order valence-electron chi connectivity index (χ1n) is 14.0. The molecule has 6 aromatic carbocycles. The summed E-state index contributed by atoms with van der Waals surface area (Å²) in [5, 5.41) is 0. The smallest absolute Gasteiger partial charge is 0.179 e. The zero-order valence-corrected chi connectivity index (χ0v) is 25.8. The molecule has 7 rings (SSSR count). The van der Waals surface area contributed by atoms with Crippen molar-refractivity contribution in [3.8, 4) is 11.1 Å². The minimum Gasteiger partial charge on any atom is -0.179 e. The van der Waals surface area contributed by atoms with E-state index in [4.69, 9.17) is 0 Å². The largest absolute Gasteiger partial charge is 2.00 e. The topological polar surface area (TPSA) is 0 Å². The van der Waals surface area contributed by atoms with E-state index < -0.39 is 0 Å². The molecule has 0 aliphatic heterocycles. The van der Waals surface area contributed by atoms with Crippen molar-refractivity contribution in [2.24, 2.45) is 0 Å². The Morgan fingerprint density at radius 2 is 1.10 bits per heavy atom. The summed E-state index contributed by atoms with van der Waals surface area (Å²) in [5.74, 6) is 0. The zero-order valence-electron chi connectivity index (χ0n) is 23.4. The van der Waals surface area contributed by atoms with Gasteiger partial charge < -0.3 is 0 Å². The van der Waals surface area contributed by atoms with Gasteiger partial charge in [0.25, 0.3) is 0 Å². The van der Waals surface area contributed by atoms with Gasteiger partial charge in [0.15, 0.2) is 0 Å². The molecule has 1 aliphatic carbocycles. The maximum atomic E-state index is 3.66. The maximum Gasteiger partial charge on any atom is 2.00 e. The van der Waals surface area contributed by atoms with Gasteiger partial charge in [-0.05, 0) is 12.0 Å². The van der Waals surface area contributed by atoms with E-state index in [0.29, 0.717) is 0 Å². The van der Waals surface area contributed by atoms with Gasteiger partial charge in [-0.1, -0.05) is 167 Å². The van der Waals surface area contributed by atoms with Gasteiger partial charge in [-0.15, -0.1) is 34.9 Å². The number of hydrogen-bond acceptors (Lipinski definition) is 0. The third-order valence-corrected chi connectivity index (χ3v) is 7.19. The molecule has 1 heteroatoms. The van der Waals surface area contributed by atoms with Gasteiger partial charge in [-0.25, -0.2) is 0 Å². The molecule has 198 valence electrons. The van der Waals surface area contributed by atoms with Crippen molar-refractivity contribution in [2.45, 2.75) is 6.42 Å². The van der Waals surface area contributed by atoms with Gasteiger partial charge in [0, 0.05) is 0 Å². The van der Waals surface area contributed by atoms with E-state index in [1.807, 2.05) is 36.4 Å². The molecule has 0 unspecified atom stereocenters. The molecule has 0 spiro atoms. The fourth-order valence-electron chi connectivity index (χ4n) is 5.20. The molecule has 1 aliphatic rings. The van der Waals surface area contributed by atoms with Crippen LogP contribution in [0.3, 0.4) is 0 Å². The first-order valence-corrected chi connectivity index (χ1v) is 14.0. The molecule has 42 heavy (non-hydrogen) atoms. The number of allylic oxidation sites excluding steroid dienone is 2. The molecule has 0 radical (unpaired) electrons. The van der Waals surface area contributed by atoms with Crippen LogP contribution in [0.25, 0.3) is 28.3 Å². The van der Waals surface area contributed by atoms with Crippen LogP contribution in [-0.4, -0.2) is 0 Å². The van der Waals surface area contributed by atoms with E-state index in [0.717, 1.165) is 28.7 Å². The number of fused-ring (bicyclic) bond motifs is 3. The summed E-state index contributed by atoms with van der Waals surface area (Å²) < 4.78 is 0. The molecule has 0 fully saturated rings. The second-order valence-corrected chi connectivity index (χ2v) is 9.96. The monoisotopic (exact) mass is 612 g/mol. The fourth-order valence-corrected chi connectivity index (χ4v) is 5.20. The van der Waals surface area contributed by atoms with Crippen LogP contribution in [0.4, 0.5) is 0 Å². The van der Waals surface area contributed by atoms with E-state index in [9.17, 15) is 0 Å². The van der Waals surface area contributed by atoms with Gasteiger partial charge in [0.05, 0.1) is 0 Å². The van der Waals surface area contributed by atoms with Gasteiger partial charge in [-0.3, -0.25) is 0 Å². The summed E-state index contributed by atoms with van der Waals surface area (Å²) in [7, 11) is 0. The van der Waals surface area contributed by atoms with Crippen LogP contribution in [0.5, 0.6) is 0 Å². The van der Waals surface area contributed by atoms with Gasteiger partial charge in [-0.2, -0.15) is 29.8 Å². The molecule has 0 amide bonds. The van der Waals surface area contributed by atoms with Gasteiger partial charge in [0.2, 0.25) is 0 Å². The van der Waals surface area contributed by atoms with E-state index in [1.54, 1.807) is 0 Å². The average molecular weight is 614 g/mol. The second-order valence-electron chi connectivity index (χ2n) is 9.96. The van der Waals surface area contributed by atoms with Crippen molar-refractivity contribution in [2.75, 3.05) is 0 Å². The fraction of sp³-hybridized carbons (Fsp3) is 0.0244. The van der Waals surface area contributed by atoms with Crippen LogP contribution in [0.15, 0.2) is 164 Å². The predicted molar refractivity (Wildman–Crippen MR) is 173 cm³/mol. The van der Waals surface area contributed by atoms with E-state index in [-0.39, 0.29) is 26.2 Å². The summed E-state index contributed by atoms with van der Waals surface area (Å²) in [6, 6.07) is 59.9. The van der Waals surface area contributed by atoms with Crippen molar-refractivity contribution in [3.63, 3.8) is 0 Å². The van der Waals surface area contributed by atoms with Crippen molar-refractivity contribution < 1.29 is 26.2 Å². The number of benzene rings is 6. The minimum absolute atomic E-state index is 0. The standard InChI is InChI=1S/C28H21.C13H9.Zr/c1-5-13-23(14-6-1)21-27(25-17-9-3-10-18-25)28(26-19-11-4-12-20-26)22-24-15-7-2-8-16-24;1-3-7-12-10(5-1)9-11-6-2-4-8-13(11)12;/h1-21H;1-5,7-8H,9H2;/q2*-1;+2/b27-21-;;.